The summed E-state index contributed by atoms with van der Waals surface area (Å²) in [7, 11) is 0. The number of nitrogens with two attached hydrogens (primary N) is 1. The zero-order valence-corrected chi connectivity index (χ0v) is 9.29. The number of hydrogen-bond donors (Lipinski definition) is 2. The highest BCUT2D eigenvalue weighted by molar-refractivity contribution is 5.96. The van der Waals surface area contributed by atoms with Crippen molar-refractivity contribution in [3.8, 4) is 0 Å². The van der Waals surface area contributed by atoms with Gasteiger partial charge in [-0.15, -0.1) is 0 Å². The number of carbonyl (C=O) groups is 1. The number of rotatable bonds is 5. The van der Waals surface area contributed by atoms with E-state index in [9.17, 15) is 4.79 Å². The summed E-state index contributed by atoms with van der Waals surface area (Å²) >= 11 is 0. The molecule has 0 saturated heterocycles. The van der Waals surface area contributed by atoms with E-state index < -0.39 is 0 Å². The number of carbonyl (C=O) groups excluding carboxylic acids is 1. The maximum absolute atomic E-state index is 12.0. The zero-order chi connectivity index (χ0) is 11.3. The van der Waals surface area contributed by atoms with Crippen molar-refractivity contribution in [1.82, 2.24) is 15.1 Å². The third-order valence-electron chi connectivity index (χ3n) is 2.16. The molecule has 0 aromatic carbocycles. The Balaban J connectivity index is 2.76. The van der Waals surface area contributed by atoms with Crippen LogP contribution in [0.15, 0.2) is 6.20 Å². The van der Waals surface area contributed by atoms with E-state index in [4.69, 9.17) is 5.73 Å². The number of nitrogen functional groups attached to an aromatic ring is 1. The molecule has 0 fully saturated rings. The van der Waals surface area contributed by atoms with E-state index in [2.05, 4.69) is 10.2 Å². The molecule has 0 aliphatic heterocycles. The van der Waals surface area contributed by atoms with Crippen molar-refractivity contribution in [1.29, 1.82) is 0 Å². The molecule has 15 heavy (non-hydrogen) atoms. The first kappa shape index (κ1) is 11.6. The first-order chi connectivity index (χ1) is 7.20. The summed E-state index contributed by atoms with van der Waals surface area (Å²) in [5.41, 5.74) is 6.44. The van der Waals surface area contributed by atoms with Gasteiger partial charge in [-0.25, -0.2) is 0 Å². The van der Waals surface area contributed by atoms with Crippen molar-refractivity contribution in [3.05, 3.63) is 11.9 Å². The lowest BCUT2D eigenvalue weighted by Crippen LogP contribution is -2.33. The second kappa shape index (κ2) is 5.38. The first-order valence-corrected chi connectivity index (χ1v) is 5.28. The van der Waals surface area contributed by atoms with Crippen molar-refractivity contribution < 1.29 is 4.79 Å². The Hall–Kier alpha value is -1.52. The molecule has 1 aromatic rings. The number of anilines is 1. The predicted octanol–water partition coefficient (Wildman–Crippen LogP) is 1.25. The molecule has 5 heteroatoms. The molecule has 0 unspecified atom stereocenters. The number of nitrogens with one attached hydrogen (secondary N) is 1. The van der Waals surface area contributed by atoms with E-state index in [1.165, 1.54) is 6.20 Å². The molecule has 0 saturated carbocycles. The fourth-order valence-electron chi connectivity index (χ4n) is 1.48. The predicted molar refractivity (Wildman–Crippen MR) is 59.5 cm³/mol. The van der Waals surface area contributed by atoms with Crippen molar-refractivity contribution in [2.45, 2.75) is 26.7 Å². The van der Waals surface area contributed by atoms with Gasteiger partial charge in [-0.3, -0.25) is 9.89 Å². The van der Waals surface area contributed by atoms with Crippen LogP contribution < -0.4 is 5.73 Å². The third-order valence-corrected chi connectivity index (χ3v) is 2.16. The topological polar surface area (TPSA) is 75.0 Å². The molecule has 3 N–H and O–H groups in total. The van der Waals surface area contributed by atoms with Crippen LogP contribution in [-0.2, 0) is 0 Å². The molecule has 1 amide bonds. The second-order valence-electron chi connectivity index (χ2n) is 3.49. The first-order valence-electron chi connectivity index (χ1n) is 5.28. The van der Waals surface area contributed by atoms with Crippen LogP contribution >= 0.6 is 0 Å². The number of H-pyrrole nitrogens is 1. The number of nitrogens with zero attached hydrogens (tertiary/aromatic N) is 2. The minimum atomic E-state index is -0.0614. The average Bonchev–Trinajstić information content (AvgIpc) is 2.63. The van der Waals surface area contributed by atoms with E-state index in [1.54, 1.807) is 4.90 Å². The maximum Gasteiger partial charge on any atom is 0.274 e. The van der Waals surface area contributed by atoms with Gasteiger partial charge in [-0.2, -0.15) is 5.10 Å². The molecule has 0 aliphatic rings. The summed E-state index contributed by atoms with van der Waals surface area (Å²) in [5.74, 6) is -0.0614. The molecule has 0 radical (unpaired) electrons. The summed E-state index contributed by atoms with van der Waals surface area (Å²) in [5, 5.41) is 6.38. The minimum Gasteiger partial charge on any atom is -0.396 e. The number of aromatic amines is 1. The highest BCUT2D eigenvalue weighted by Crippen LogP contribution is 2.10. The molecule has 0 spiro atoms. The van der Waals surface area contributed by atoms with Crippen LogP contribution in [-0.4, -0.2) is 34.1 Å². The Kier molecular flexibility index (Phi) is 4.15. The molecule has 1 heterocycles. The van der Waals surface area contributed by atoms with Gasteiger partial charge >= 0.3 is 0 Å². The van der Waals surface area contributed by atoms with Crippen LogP contribution in [0.4, 0.5) is 5.69 Å². The van der Waals surface area contributed by atoms with Crippen molar-refractivity contribution in [3.63, 3.8) is 0 Å². The maximum atomic E-state index is 12.0. The monoisotopic (exact) mass is 210 g/mol. The minimum absolute atomic E-state index is 0.0614. The quantitative estimate of drug-likeness (QED) is 0.768. The van der Waals surface area contributed by atoms with Gasteiger partial charge in [0.25, 0.3) is 5.91 Å². The summed E-state index contributed by atoms with van der Waals surface area (Å²) in [6.45, 7) is 5.61. The van der Waals surface area contributed by atoms with E-state index in [-0.39, 0.29) is 5.91 Å². The standard InChI is InChI=1S/C10H18N4O/c1-3-5-14(6-4-2)10(15)9-8(11)7-12-13-9/h7H,3-6,11H2,1-2H3,(H,12,13). The highest BCUT2D eigenvalue weighted by atomic mass is 16.2. The van der Waals surface area contributed by atoms with Gasteiger partial charge in [0, 0.05) is 13.1 Å². The van der Waals surface area contributed by atoms with Gasteiger partial charge < -0.3 is 10.6 Å². The molecule has 0 atom stereocenters. The lowest BCUT2D eigenvalue weighted by atomic mass is 10.3. The van der Waals surface area contributed by atoms with Gasteiger partial charge in [0.05, 0.1) is 11.9 Å². The number of aromatic nitrogens is 2. The molecular weight excluding hydrogens is 192 g/mol. The summed E-state index contributed by atoms with van der Waals surface area (Å²) < 4.78 is 0. The molecule has 84 valence electrons. The summed E-state index contributed by atoms with van der Waals surface area (Å²) in [4.78, 5) is 13.8. The SMILES string of the molecule is CCCN(CCC)C(=O)c1[nH]ncc1N. The fourth-order valence-corrected chi connectivity index (χ4v) is 1.48. The Morgan fingerprint density at radius 3 is 2.47 bits per heavy atom. The van der Waals surface area contributed by atoms with Crippen LogP contribution in [0.3, 0.4) is 0 Å². The van der Waals surface area contributed by atoms with Crippen LogP contribution in [0.2, 0.25) is 0 Å². The lowest BCUT2D eigenvalue weighted by Gasteiger charge is -2.20. The van der Waals surface area contributed by atoms with Gasteiger partial charge in [-0.05, 0) is 12.8 Å². The molecular formula is C10H18N4O. The van der Waals surface area contributed by atoms with Crippen molar-refractivity contribution in [2.24, 2.45) is 0 Å². The molecule has 0 aliphatic carbocycles. The van der Waals surface area contributed by atoms with Crippen LogP contribution in [0.5, 0.6) is 0 Å². The van der Waals surface area contributed by atoms with E-state index in [0.717, 1.165) is 25.9 Å². The highest BCUT2D eigenvalue weighted by Gasteiger charge is 2.18. The largest absolute Gasteiger partial charge is 0.396 e. The zero-order valence-electron chi connectivity index (χ0n) is 9.29. The van der Waals surface area contributed by atoms with Crippen molar-refractivity contribution >= 4 is 11.6 Å². The Labute approximate surface area is 89.6 Å². The lowest BCUT2D eigenvalue weighted by molar-refractivity contribution is 0.0750. The third kappa shape index (κ3) is 2.71. The molecule has 5 nitrogen and oxygen atoms in total. The van der Waals surface area contributed by atoms with Crippen molar-refractivity contribution in [2.75, 3.05) is 18.8 Å². The number of amides is 1. The molecule has 0 bridgehead atoms. The van der Waals surface area contributed by atoms with Crippen LogP contribution in [0.25, 0.3) is 0 Å². The summed E-state index contributed by atoms with van der Waals surface area (Å²) in [6.07, 6.45) is 3.35. The fraction of sp³-hybridized carbons (Fsp3) is 0.600. The summed E-state index contributed by atoms with van der Waals surface area (Å²) in [6, 6.07) is 0. The van der Waals surface area contributed by atoms with Gasteiger partial charge in [0.1, 0.15) is 5.69 Å². The Bertz CT molecular complexity index is 315. The van der Waals surface area contributed by atoms with Gasteiger partial charge in [0.15, 0.2) is 0 Å². The Morgan fingerprint density at radius 2 is 2.07 bits per heavy atom. The Morgan fingerprint density at radius 1 is 1.47 bits per heavy atom. The van der Waals surface area contributed by atoms with Gasteiger partial charge in [-0.1, -0.05) is 13.8 Å². The molecule has 1 rings (SSSR count). The van der Waals surface area contributed by atoms with Gasteiger partial charge in [0.2, 0.25) is 0 Å². The average molecular weight is 210 g/mol. The number of hydrogen-bond acceptors (Lipinski definition) is 3. The van der Waals surface area contributed by atoms with E-state index >= 15 is 0 Å². The van der Waals surface area contributed by atoms with Crippen LogP contribution in [0, 0.1) is 0 Å². The molecule has 1 aromatic heterocycles. The van der Waals surface area contributed by atoms with Crippen LogP contribution in [0.1, 0.15) is 37.2 Å². The van der Waals surface area contributed by atoms with E-state index in [0.29, 0.717) is 11.4 Å². The second-order valence-corrected chi connectivity index (χ2v) is 3.49. The van der Waals surface area contributed by atoms with E-state index in [1.807, 2.05) is 13.8 Å². The smallest absolute Gasteiger partial charge is 0.274 e. The normalized spacial score (nSPS) is 10.3.